The van der Waals surface area contributed by atoms with Crippen molar-refractivity contribution in [1.29, 1.82) is 0 Å². The van der Waals surface area contributed by atoms with Gasteiger partial charge >= 0.3 is 0 Å². The molecule has 10 heteroatoms. The van der Waals surface area contributed by atoms with E-state index in [0.717, 1.165) is 210 Å². The smallest absolute Gasteiger partial charge is 0.238 e. The lowest BCUT2D eigenvalue weighted by atomic mass is 9.90. The van der Waals surface area contributed by atoms with Crippen molar-refractivity contribution < 1.29 is 0 Å². The average molecular weight is 1760 g/mol. The molecule has 0 fully saturated rings. The highest BCUT2D eigenvalue weighted by atomic mass is 15.2. The van der Waals surface area contributed by atoms with Gasteiger partial charge in [0.25, 0.3) is 0 Å². The van der Waals surface area contributed by atoms with Crippen LogP contribution in [0.1, 0.15) is 0 Å². The van der Waals surface area contributed by atoms with Gasteiger partial charge in [-0.2, -0.15) is 19.9 Å². The van der Waals surface area contributed by atoms with Crippen LogP contribution < -0.4 is 0 Å². The molecule has 0 aliphatic carbocycles. The highest BCUT2D eigenvalue weighted by molar-refractivity contribution is 6.17. The van der Waals surface area contributed by atoms with Gasteiger partial charge in [0.15, 0.2) is 23.3 Å². The molecule has 0 spiro atoms. The zero-order chi connectivity index (χ0) is 90.8. The Bertz CT molecular complexity index is 9470. The fraction of sp³-hybridized carbons (Fsp3) is 0. The van der Waals surface area contributed by atoms with Gasteiger partial charge in [-0.15, -0.1) is 0 Å². The third kappa shape index (κ3) is 13.5. The number of hydrogen-bond donors (Lipinski definition) is 0. The van der Waals surface area contributed by atoms with Crippen LogP contribution in [-0.2, 0) is 0 Å². The SMILES string of the molecule is c1ccc(-c2cc(-c3ccc(-c4ccc5ccc(-c6nc(-c7ccccc7)nc(-n7c8ccccc8c8cccc(-c9ccccc9)c87)n6)cc5c4)c(-n4c5ccccc5c5ccccc54)c3)cc(-c3cc(-c4ccccc4)c4c(c3)c3ccccc3n4-c3nc(-c4ccccc4)nc(-c4ccc5ccc(-c6ccc(-c7ccccc7)cc6-n6c7ccccc7c7ccccc76)cc5c4)n3)c2)cc1. The van der Waals surface area contributed by atoms with Gasteiger partial charge in [0.2, 0.25) is 11.9 Å². The Kier molecular flexibility index (Phi) is 18.7. The van der Waals surface area contributed by atoms with Crippen LogP contribution in [0.4, 0.5) is 0 Å². The first-order chi connectivity index (χ1) is 68.4. The summed E-state index contributed by atoms with van der Waals surface area (Å²) < 4.78 is 9.43. The number of para-hydroxylation sites is 7. The molecule has 27 rings (SSSR count). The highest BCUT2D eigenvalue weighted by Crippen LogP contribution is 2.48. The molecule has 0 amide bonds. The Labute approximate surface area is 794 Å². The average Bonchev–Trinajstić information content (AvgIpc) is 1.57. The maximum atomic E-state index is 5.69. The first kappa shape index (κ1) is 79.1. The second-order valence-corrected chi connectivity index (χ2v) is 35.6. The van der Waals surface area contributed by atoms with E-state index in [2.05, 4.69) is 479 Å². The molecule has 21 aromatic carbocycles. The maximum Gasteiger partial charge on any atom is 0.238 e. The molecule has 0 radical (unpaired) electrons. The minimum absolute atomic E-state index is 0.503. The lowest BCUT2D eigenvalue weighted by Crippen LogP contribution is -2.07. The molecule has 0 unspecified atom stereocenters. The quantitative estimate of drug-likeness (QED) is 0.0956. The highest BCUT2D eigenvalue weighted by Gasteiger charge is 2.28. The van der Waals surface area contributed by atoms with Gasteiger partial charge in [0, 0.05) is 87.6 Å². The summed E-state index contributed by atoms with van der Waals surface area (Å²) in [4.78, 5) is 33.0. The van der Waals surface area contributed by atoms with Gasteiger partial charge in [-0.25, -0.2) is 9.97 Å². The fourth-order valence-electron chi connectivity index (χ4n) is 21.1. The zero-order valence-electron chi connectivity index (χ0n) is 74.7. The Morgan fingerprint density at radius 2 is 0.413 bits per heavy atom. The minimum atomic E-state index is 0.503. The van der Waals surface area contributed by atoms with E-state index in [1.165, 1.54) is 21.5 Å². The standard InChI is InChI=1S/C128H80N10/c1-7-32-81(33-8-1)89-66-68-101(119(79-89)135-113-52-25-19-44-104(113)105-45-20-26-53-114(105)135)91-62-58-83-61-65-94(73-95(83)70-91)126-130-124(88-42-17-6-18-43-88)132-128(134-126)138-118-57-30-24-49-109(118)112-78-100(77-111(122(112)138)86-38-13-4-14-39-86)99-75-97(82-34-9-2-10-35-82)74-98(76-99)90-67-69-102(120(80-90)136-115-54-27-21-46-106(115)107-47-22-28-55-116(107)136)92-63-59-84-60-64-93(72-96(84)71-92)125-129-123(87-40-15-5-16-41-87)131-127(133-125)137-117-56-29-23-48-108(117)110-51-31-50-103(121(110)137)85-36-11-3-12-37-85/h1-80H. The van der Waals surface area contributed by atoms with E-state index < -0.39 is 0 Å². The predicted molar refractivity (Wildman–Crippen MR) is 571 cm³/mol. The largest absolute Gasteiger partial charge is 0.309 e. The number of nitrogens with zero attached hydrogens (tertiary/aromatic N) is 10. The van der Waals surface area contributed by atoms with Crippen LogP contribution in [0.3, 0.4) is 0 Å². The number of benzene rings is 21. The van der Waals surface area contributed by atoms with Gasteiger partial charge in [-0.3, -0.25) is 9.13 Å². The van der Waals surface area contributed by atoms with E-state index in [0.29, 0.717) is 35.2 Å². The van der Waals surface area contributed by atoms with Crippen molar-refractivity contribution in [3.63, 3.8) is 0 Å². The van der Waals surface area contributed by atoms with E-state index >= 15 is 0 Å². The van der Waals surface area contributed by atoms with Crippen LogP contribution in [0.15, 0.2) is 485 Å². The molecule has 0 aliphatic heterocycles. The lowest BCUT2D eigenvalue weighted by molar-refractivity contribution is 0.953. The Morgan fingerprint density at radius 1 is 0.130 bits per heavy atom. The monoisotopic (exact) mass is 1760 g/mol. The molecule has 642 valence electrons. The van der Waals surface area contributed by atoms with Gasteiger partial charge < -0.3 is 9.13 Å². The van der Waals surface area contributed by atoms with Gasteiger partial charge in [0.05, 0.1) is 55.5 Å². The minimum Gasteiger partial charge on any atom is -0.309 e. The fourth-order valence-corrected chi connectivity index (χ4v) is 21.1. The van der Waals surface area contributed by atoms with Crippen molar-refractivity contribution in [1.82, 2.24) is 48.2 Å². The second kappa shape index (κ2) is 32.7. The van der Waals surface area contributed by atoms with Gasteiger partial charge in [-0.1, -0.05) is 382 Å². The van der Waals surface area contributed by atoms with Crippen molar-refractivity contribution in [3.05, 3.63) is 485 Å². The number of hydrogen-bond acceptors (Lipinski definition) is 6. The first-order valence-electron chi connectivity index (χ1n) is 46.9. The summed E-state index contributed by atoms with van der Waals surface area (Å²) in [7, 11) is 0. The molecule has 0 atom stereocenters. The number of rotatable bonds is 16. The predicted octanol–water partition coefficient (Wildman–Crippen LogP) is 32.8. The summed E-state index contributed by atoms with van der Waals surface area (Å²) in [6, 6.07) is 175. The van der Waals surface area contributed by atoms with Crippen molar-refractivity contribution in [2.45, 2.75) is 0 Å². The van der Waals surface area contributed by atoms with Crippen LogP contribution in [0.25, 0.3) is 267 Å². The van der Waals surface area contributed by atoms with E-state index in [1.807, 2.05) is 24.3 Å². The molecular weight excluding hydrogens is 1680 g/mol. The molecule has 0 saturated heterocycles. The van der Waals surface area contributed by atoms with Crippen molar-refractivity contribution >= 4 is 109 Å². The van der Waals surface area contributed by atoms with Crippen LogP contribution in [0.2, 0.25) is 0 Å². The van der Waals surface area contributed by atoms with E-state index in [1.54, 1.807) is 0 Å². The molecule has 6 aromatic heterocycles. The Hall–Kier alpha value is -18.6. The molecule has 10 nitrogen and oxygen atoms in total. The normalized spacial score (nSPS) is 11.8. The number of fused-ring (bicyclic) bond motifs is 14. The molecule has 6 heterocycles. The zero-order valence-corrected chi connectivity index (χ0v) is 74.7. The molecule has 0 saturated carbocycles. The first-order valence-corrected chi connectivity index (χ1v) is 46.9. The maximum absolute atomic E-state index is 5.69. The lowest BCUT2D eigenvalue weighted by Gasteiger charge is -2.18. The third-order valence-electron chi connectivity index (χ3n) is 27.6. The Balaban J connectivity index is 0.612. The topological polar surface area (TPSA) is 97.1 Å². The Morgan fingerprint density at radius 3 is 0.833 bits per heavy atom. The molecule has 0 bridgehead atoms. The second-order valence-electron chi connectivity index (χ2n) is 35.6. The van der Waals surface area contributed by atoms with Crippen LogP contribution in [0, 0.1) is 0 Å². The van der Waals surface area contributed by atoms with Crippen LogP contribution in [0.5, 0.6) is 0 Å². The number of aromatic nitrogens is 10. The van der Waals surface area contributed by atoms with Gasteiger partial charge in [-0.05, 0) is 191 Å². The molecule has 0 N–H and O–H groups in total. The summed E-state index contributed by atoms with van der Waals surface area (Å²) in [6.07, 6.45) is 0. The van der Waals surface area contributed by atoms with Crippen molar-refractivity contribution in [2.24, 2.45) is 0 Å². The molecular formula is C128H80N10. The summed E-state index contributed by atoms with van der Waals surface area (Å²) in [6.45, 7) is 0. The molecule has 27 aromatic rings. The summed E-state index contributed by atoms with van der Waals surface area (Å²) in [5, 5.41) is 13.4. The van der Waals surface area contributed by atoms with E-state index in [-0.39, 0.29) is 0 Å². The van der Waals surface area contributed by atoms with Crippen molar-refractivity contribution in [2.75, 3.05) is 0 Å². The van der Waals surface area contributed by atoms with Crippen LogP contribution >= 0.6 is 0 Å². The van der Waals surface area contributed by atoms with E-state index in [4.69, 9.17) is 29.9 Å². The molecule has 138 heavy (non-hydrogen) atoms. The summed E-state index contributed by atoms with van der Waals surface area (Å²) >= 11 is 0. The van der Waals surface area contributed by atoms with Crippen LogP contribution in [-0.4, -0.2) is 48.2 Å². The summed E-state index contributed by atoms with van der Waals surface area (Å²) in [5.74, 6) is 3.31. The van der Waals surface area contributed by atoms with Gasteiger partial charge in [0.1, 0.15) is 0 Å². The molecule has 0 aliphatic rings. The van der Waals surface area contributed by atoms with Crippen molar-refractivity contribution in [3.8, 4) is 158 Å². The third-order valence-corrected chi connectivity index (χ3v) is 27.6. The van der Waals surface area contributed by atoms with E-state index in [9.17, 15) is 0 Å². The summed E-state index contributed by atoms with van der Waals surface area (Å²) in [5.41, 5.74) is 31.5.